The van der Waals surface area contributed by atoms with Crippen LogP contribution < -0.4 is 0 Å². The van der Waals surface area contributed by atoms with Gasteiger partial charge >= 0.3 is 6.18 Å². The molecule has 1 aliphatic carbocycles. The number of H-pyrrole nitrogens is 1. The number of ketones is 1. The Bertz CT molecular complexity index is 773. The third-order valence-corrected chi connectivity index (χ3v) is 4.97. The maximum atomic E-state index is 13.0. The minimum atomic E-state index is -4.85. The van der Waals surface area contributed by atoms with Crippen molar-refractivity contribution in [2.24, 2.45) is 0 Å². The highest BCUT2D eigenvalue weighted by Gasteiger charge is 2.41. The van der Waals surface area contributed by atoms with Gasteiger partial charge in [0.05, 0.1) is 0 Å². The van der Waals surface area contributed by atoms with Crippen LogP contribution in [0.2, 0.25) is 0 Å². The zero-order chi connectivity index (χ0) is 18.2. The molecule has 0 bridgehead atoms. The Kier molecular flexibility index (Phi) is 4.91. The Morgan fingerprint density at radius 1 is 1.20 bits per heavy atom. The molecule has 1 aromatic heterocycles. The van der Waals surface area contributed by atoms with E-state index < -0.39 is 12.0 Å². The van der Waals surface area contributed by atoms with E-state index in [1.807, 2.05) is 6.20 Å². The van der Waals surface area contributed by atoms with Crippen LogP contribution in [0.1, 0.15) is 48.2 Å². The zero-order valence-electron chi connectivity index (χ0n) is 14.5. The predicted molar refractivity (Wildman–Crippen MR) is 92.0 cm³/mol. The van der Waals surface area contributed by atoms with Crippen molar-refractivity contribution in [3.8, 4) is 0 Å². The zero-order valence-corrected chi connectivity index (χ0v) is 14.5. The molecule has 25 heavy (non-hydrogen) atoms. The van der Waals surface area contributed by atoms with Crippen molar-refractivity contribution in [2.75, 3.05) is 13.1 Å². The van der Waals surface area contributed by atoms with Crippen LogP contribution >= 0.6 is 0 Å². The van der Waals surface area contributed by atoms with Gasteiger partial charge in [0.1, 0.15) is 0 Å². The second-order valence-corrected chi connectivity index (χ2v) is 6.75. The Morgan fingerprint density at radius 2 is 1.88 bits per heavy atom. The van der Waals surface area contributed by atoms with Crippen LogP contribution in [-0.2, 0) is 12.8 Å². The quantitative estimate of drug-likeness (QED) is 0.777. The van der Waals surface area contributed by atoms with Gasteiger partial charge in [-0.2, -0.15) is 13.2 Å². The van der Waals surface area contributed by atoms with Gasteiger partial charge in [-0.25, -0.2) is 0 Å². The van der Waals surface area contributed by atoms with Crippen LogP contribution in [0.15, 0.2) is 18.3 Å². The number of nitrogens with one attached hydrogen (secondary N) is 1. The summed E-state index contributed by atoms with van der Waals surface area (Å²) in [7, 11) is 0. The molecular weight excluding hydrogens is 329 g/mol. The minimum Gasteiger partial charge on any atom is -0.361 e. The van der Waals surface area contributed by atoms with Gasteiger partial charge in [0.25, 0.3) is 5.78 Å². The third kappa shape index (κ3) is 3.32. The van der Waals surface area contributed by atoms with Crippen LogP contribution in [-0.4, -0.2) is 41.0 Å². The van der Waals surface area contributed by atoms with Gasteiger partial charge in [-0.3, -0.25) is 9.69 Å². The molecule has 0 spiro atoms. The maximum absolute atomic E-state index is 13.0. The van der Waals surface area contributed by atoms with Crippen LogP contribution in [0, 0.1) is 0 Å². The van der Waals surface area contributed by atoms with E-state index in [4.69, 9.17) is 0 Å². The SMILES string of the molecule is CCCN(CCC)[C@H]1Cc2c[nH]c3ccc(C(=O)C(F)(F)F)c(c23)C1. The number of Topliss-reactive ketones (excluding diaryl/α,β-unsaturated/α-hetero) is 1. The van der Waals surface area contributed by atoms with Crippen LogP contribution in [0.3, 0.4) is 0 Å². The molecule has 2 aromatic rings. The van der Waals surface area contributed by atoms with Gasteiger partial charge in [0.2, 0.25) is 0 Å². The molecule has 1 heterocycles. The molecule has 0 saturated heterocycles. The van der Waals surface area contributed by atoms with Crippen LogP contribution in [0.5, 0.6) is 0 Å². The van der Waals surface area contributed by atoms with Crippen molar-refractivity contribution in [3.05, 3.63) is 35.0 Å². The first-order chi connectivity index (χ1) is 11.9. The molecule has 1 aliphatic rings. The largest absolute Gasteiger partial charge is 0.454 e. The highest BCUT2D eigenvalue weighted by Crippen LogP contribution is 2.36. The van der Waals surface area contributed by atoms with E-state index in [0.717, 1.165) is 48.8 Å². The Morgan fingerprint density at radius 3 is 2.48 bits per heavy atom. The number of benzene rings is 1. The average Bonchev–Trinajstić information content (AvgIpc) is 2.98. The Balaban J connectivity index is 2.05. The number of carbonyl (C=O) groups excluding carboxylic acids is 1. The number of aromatic nitrogens is 1. The highest BCUT2D eigenvalue weighted by atomic mass is 19.4. The number of hydrogen-bond donors (Lipinski definition) is 1. The van der Waals surface area contributed by atoms with Gasteiger partial charge in [-0.05, 0) is 62.0 Å². The molecule has 136 valence electrons. The Hall–Kier alpha value is -1.82. The standard InChI is InChI=1S/C19H23F3N2O/c1-3-7-24(8-4-2)13-9-12-11-23-16-6-5-14(15(10-13)17(12)16)18(25)19(20,21)22/h5-6,11,13,23H,3-4,7-10H2,1-2H3/t13-/m0/s1. The van der Waals surface area contributed by atoms with E-state index in [0.29, 0.717) is 12.0 Å². The molecule has 0 saturated carbocycles. The fourth-order valence-corrected chi connectivity index (χ4v) is 3.98. The lowest BCUT2D eigenvalue weighted by Gasteiger charge is -2.34. The van der Waals surface area contributed by atoms with Gasteiger partial charge in [-0.15, -0.1) is 0 Å². The molecule has 0 aliphatic heterocycles. The van der Waals surface area contributed by atoms with Gasteiger partial charge < -0.3 is 4.98 Å². The van der Waals surface area contributed by atoms with Crippen molar-refractivity contribution in [1.82, 2.24) is 9.88 Å². The summed E-state index contributed by atoms with van der Waals surface area (Å²) in [5.74, 6) is -1.74. The van der Waals surface area contributed by atoms with Gasteiger partial charge in [0, 0.05) is 28.7 Å². The highest BCUT2D eigenvalue weighted by molar-refractivity contribution is 6.06. The second-order valence-electron chi connectivity index (χ2n) is 6.75. The number of aromatic amines is 1. The number of rotatable bonds is 6. The van der Waals surface area contributed by atoms with E-state index in [2.05, 4.69) is 23.7 Å². The topological polar surface area (TPSA) is 36.1 Å². The average molecular weight is 352 g/mol. The summed E-state index contributed by atoms with van der Waals surface area (Å²) >= 11 is 0. The van der Waals surface area contributed by atoms with Crippen molar-refractivity contribution in [3.63, 3.8) is 0 Å². The summed E-state index contributed by atoms with van der Waals surface area (Å²) in [5, 5.41) is 0.805. The molecule has 1 N–H and O–H groups in total. The van der Waals surface area contributed by atoms with E-state index in [9.17, 15) is 18.0 Å². The van der Waals surface area contributed by atoms with Crippen molar-refractivity contribution >= 4 is 16.7 Å². The normalized spacial score (nSPS) is 17.4. The van der Waals surface area contributed by atoms with E-state index in [1.54, 1.807) is 6.07 Å². The lowest BCUT2D eigenvalue weighted by atomic mass is 9.84. The molecule has 1 aromatic carbocycles. The molecule has 0 radical (unpaired) electrons. The maximum Gasteiger partial charge on any atom is 0.454 e. The van der Waals surface area contributed by atoms with Gasteiger partial charge in [0.15, 0.2) is 0 Å². The smallest absolute Gasteiger partial charge is 0.361 e. The molecule has 6 heteroatoms. The van der Waals surface area contributed by atoms with E-state index in [1.165, 1.54) is 6.07 Å². The minimum absolute atomic E-state index is 0.133. The van der Waals surface area contributed by atoms with E-state index in [-0.39, 0.29) is 11.6 Å². The molecule has 0 unspecified atom stereocenters. The lowest BCUT2D eigenvalue weighted by Crippen LogP contribution is -2.41. The summed E-state index contributed by atoms with van der Waals surface area (Å²) in [6, 6.07) is 3.03. The first-order valence-electron chi connectivity index (χ1n) is 8.84. The van der Waals surface area contributed by atoms with Crippen LogP contribution in [0.4, 0.5) is 13.2 Å². The van der Waals surface area contributed by atoms with E-state index >= 15 is 0 Å². The summed E-state index contributed by atoms with van der Waals surface area (Å²) in [5.41, 5.74) is 2.16. The predicted octanol–water partition coefficient (Wildman–Crippen LogP) is 4.50. The van der Waals surface area contributed by atoms with Gasteiger partial charge in [-0.1, -0.05) is 13.8 Å². The summed E-state index contributed by atoms with van der Waals surface area (Å²) in [4.78, 5) is 17.4. The summed E-state index contributed by atoms with van der Waals surface area (Å²) in [6.07, 6.45) is 0.304. The summed E-state index contributed by atoms with van der Waals surface area (Å²) < 4.78 is 39.1. The number of carbonyl (C=O) groups is 1. The van der Waals surface area contributed by atoms with Crippen molar-refractivity contribution in [1.29, 1.82) is 0 Å². The number of nitrogens with zero attached hydrogens (tertiary/aromatic N) is 1. The first kappa shape index (κ1) is 18.0. The molecule has 1 atom stereocenters. The molecular formula is C19H23F3N2O. The Labute approximate surface area is 145 Å². The molecule has 0 amide bonds. The fraction of sp³-hybridized carbons (Fsp3) is 0.526. The first-order valence-corrected chi connectivity index (χ1v) is 8.84. The molecule has 3 rings (SSSR count). The number of hydrogen-bond acceptors (Lipinski definition) is 2. The molecule has 3 nitrogen and oxygen atoms in total. The lowest BCUT2D eigenvalue weighted by molar-refractivity contribution is -0.0885. The van der Waals surface area contributed by atoms with Crippen LogP contribution in [0.25, 0.3) is 10.9 Å². The third-order valence-electron chi connectivity index (χ3n) is 4.97. The second kappa shape index (κ2) is 6.83. The molecule has 0 fully saturated rings. The monoisotopic (exact) mass is 352 g/mol. The van der Waals surface area contributed by atoms with Crippen molar-refractivity contribution < 1.29 is 18.0 Å². The fourth-order valence-electron chi connectivity index (χ4n) is 3.98. The number of halogens is 3. The number of alkyl halides is 3. The summed E-state index contributed by atoms with van der Waals surface area (Å²) in [6.45, 7) is 6.03. The van der Waals surface area contributed by atoms with Crippen molar-refractivity contribution in [2.45, 2.75) is 51.7 Å².